The molecule has 18 heavy (non-hydrogen) atoms. The predicted octanol–water partition coefficient (Wildman–Crippen LogP) is 2.35. The van der Waals surface area contributed by atoms with Gasteiger partial charge in [-0.25, -0.2) is 0 Å². The van der Waals surface area contributed by atoms with Gasteiger partial charge in [0.2, 0.25) is 0 Å². The van der Waals surface area contributed by atoms with Crippen LogP contribution in [0.5, 0.6) is 0 Å². The van der Waals surface area contributed by atoms with Crippen LogP contribution < -0.4 is 0 Å². The van der Waals surface area contributed by atoms with E-state index in [-0.39, 0.29) is 0 Å². The summed E-state index contributed by atoms with van der Waals surface area (Å²) in [6.07, 6.45) is 6.24. The topological polar surface area (TPSA) is 54.5 Å². The van der Waals surface area contributed by atoms with E-state index in [2.05, 4.69) is 16.2 Å². The van der Waals surface area contributed by atoms with Crippen molar-refractivity contribution in [3.8, 4) is 17.5 Å². The summed E-state index contributed by atoms with van der Waals surface area (Å²) in [6.45, 7) is 0.329. The van der Waals surface area contributed by atoms with Crippen molar-refractivity contribution in [1.29, 1.82) is 5.26 Å². The summed E-state index contributed by atoms with van der Waals surface area (Å²) < 4.78 is 1.85. The van der Waals surface area contributed by atoms with E-state index in [4.69, 9.17) is 5.26 Å². The van der Waals surface area contributed by atoms with Crippen LogP contribution in [0.1, 0.15) is 24.1 Å². The molecular formula is C14H14N4. The highest BCUT2D eigenvalue weighted by atomic mass is 15.3. The molecule has 4 heteroatoms. The van der Waals surface area contributed by atoms with Gasteiger partial charge in [-0.05, 0) is 37.8 Å². The molecule has 0 atom stereocenters. The lowest BCUT2D eigenvalue weighted by Gasteiger charge is -2.12. The van der Waals surface area contributed by atoms with Gasteiger partial charge in [-0.2, -0.15) is 10.4 Å². The van der Waals surface area contributed by atoms with Crippen molar-refractivity contribution in [2.45, 2.75) is 32.2 Å². The highest BCUT2D eigenvalue weighted by Crippen LogP contribution is 2.29. The third-order valence-corrected chi connectivity index (χ3v) is 3.38. The van der Waals surface area contributed by atoms with E-state index < -0.39 is 0 Å². The number of nitrogens with zero attached hydrogens (tertiary/aromatic N) is 4. The molecule has 1 aliphatic rings. The quantitative estimate of drug-likeness (QED) is 0.807. The fourth-order valence-corrected chi connectivity index (χ4v) is 2.58. The van der Waals surface area contributed by atoms with Crippen LogP contribution >= 0.6 is 0 Å². The highest BCUT2D eigenvalue weighted by Gasteiger charge is 2.21. The summed E-state index contributed by atoms with van der Waals surface area (Å²) in [7, 11) is 0. The number of pyridine rings is 1. The van der Waals surface area contributed by atoms with Crippen molar-refractivity contribution in [3.05, 3.63) is 35.7 Å². The van der Waals surface area contributed by atoms with E-state index in [1.165, 1.54) is 24.1 Å². The number of aromatic nitrogens is 3. The molecule has 2 aromatic rings. The summed E-state index contributed by atoms with van der Waals surface area (Å²) in [5.74, 6) is 0. The van der Waals surface area contributed by atoms with Gasteiger partial charge >= 0.3 is 0 Å². The zero-order chi connectivity index (χ0) is 12.4. The highest BCUT2D eigenvalue weighted by molar-refractivity contribution is 5.60. The Kier molecular flexibility index (Phi) is 2.81. The Morgan fingerprint density at radius 1 is 1.28 bits per heavy atom. The Morgan fingerprint density at radius 2 is 2.17 bits per heavy atom. The number of hydrogen-bond acceptors (Lipinski definition) is 3. The molecule has 0 amide bonds. The van der Waals surface area contributed by atoms with Gasteiger partial charge in [0.15, 0.2) is 0 Å². The van der Waals surface area contributed by atoms with Gasteiger partial charge < -0.3 is 0 Å². The minimum atomic E-state index is 0.329. The minimum Gasteiger partial charge on any atom is -0.255 e. The maximum Gasteiger partial charge on any atom is 0.128 e. The lowest BCUT2D eigenvalue weighted by molar-refractivity contribution is 0.605. The average molecular weight is 238 g/mol. The van der Waals surface area contributed by atoms with Crippen molar-refractivity contribution in [2.75, 3.05) is 0 Å². The zero-order valence-electron chi connectivity index (χ0n) is 10.1. The Balaban J connectivity index is 2.13. The molecule has 0 aliphatic heterocycles. The molecule has 0 saturated carbocycles. The lowest BCUT2D eigenvalue weighted by Crippen LogP contribution is -2.08. The Morgan fingerprint density at radius 3 is 2.94 bits per heavy atom. The molecule has 1 aliphatic carbocycles. The van der Waals surface area contributed by atoms with E-state index in [9.17, 15) is 0 Å². The van der Waals surface area contributed by atoms with Crippen LogP contribution in [0.25, 0.3) is 11.4 Å². The first-order valence-electron chi connectivity index (χ1n) is 6.27. The number of fused-ring (bicyclic) bond motifs is 1. The van der Waals surface area contributed by atoms with Gasteiger partial charge in [0.1, 0.15) is 12.2 Å². The van der Waals surface area contributed by atoms with Crippen molar-refractivity contribution in [1.82, 2.24) is 14.8 Å². The van der Waals surface area contributed by atoms with Gasteiger partial charge in [-0.1, -0.05) is 6.07 Å². The van der Waals surface area contributed by atoms with Gasteiger partial charge in [0, 0.05) is 17.5 Å². The lowest BCUT2D eigenvalue weighted by atomic mass is 9.95. The summed E-state index contributed by atoms with van der Waals surface area (Å²) in [4.78, 5) is 4.37. The van der Waals surface area contributed by atoms with E-state index in [1.54, 1.807) is 6.20 Å². The summed E-state index contributed by atoms with van der Waals surface area (Å²) >= 11 is 0. The zero-order valence-corrected chi connectivity index (χ0v) is 10.1. The molecule has 0 radical (unpaired) electrons. The number of rotatable bonds is 2. The predicted molar refractivity (Wildman–Crippen MR) is 67.7 cm³/mol. The van der Waals surface area contributed by atoms with Crippen LogP contribution in [0.3, 0.4) is 0 Å². The third kappa shape index (κ3) is 1.78. The second kappa shape index (κ2) is 4.61. The minimum absolute atomic E-state index is 0.329. The standard InChI is InChI=1S/C14H14N4/c15-8-10-18-13-7-2-1-5-11(13)14(17-18)12-6-3-4-9-16-12/h3-4,6,9H,1-2,5,7,10H2. The van der Waals surface area contributed by atoms with Crippen molar-refractivity contribution < 1.29 is 0 Å². The first-order chi connectivity index (χ1) is 8.90. The molecule has 0 N–H and O–H groups in total. The fourth-order valence-electron chi connectivity index (χ4n) is 2.58. The first kappa shape index (κ1) is 11.0. The van der Waals surface area contributed by atoms with Gasteiger partial charge in [0.05, 0.1) is 11.8 Å². The van der Waals surface area contributed by atoms with E-state index in [0.717, 1.165) is 24.2 Å². The van der Waals surface area contributed by atoms with Crippen LogP contribution in [0.4, 0.5) is 0 Å². The fraction of sp³-hybridized carbons (Fsp3) is 0.357. The van der Waals surface area contributed by atoms with Gasteiger partial charge in [-0.15, -0.1) is 0 Å². The number of hydrogen-bond donors (Lipinski definition) is 0. The Hall–Kier alpha value is -2.15. The van der Waals surface area contributed by atoms with E-state index in [0.29, 0.717) is 6.54 Å². The summed E-state index contributed by atoms with van der Waals surface area (Å²) in [5, 5.41) is 13.5. The second-order valence-electron chi connectivity index (χ2n) is 4.51. The monoisotopic (exact) mass is 238 g/mol. The molecule has 0 fully saturated rings. The van der Waals surface area contributed by atoms with Gasteiger partial charge in [0.25, 0.3) is 0 Å². The smallest absolute Gasteiger partial charge is 0.128 e. The second-order valence-corrected chi connectivity index (χ2v) is 4.51. The van der Waals surface area contributed by atoms with Crippen molar-refractivity contribution in [2.24, 2.45) is 0 Å². The Bertz CT molecular complexity index is 592. The Labute approximate surface area is 106 Å². The maximum atomic E-state index is 8.87. The average Bonchev–Trinajstić information content (AvgIpc) is 2.80. The van der Waals surface area contributed by atoms with Crippen LogP contribution in [0.2, 0.25) is 0 Å². The molecule has 4 nitrogen and oxygen atoms in total. The van der Waals surface area contributed by atoms with Crippen LogP contribution in [0.15, 0.2) is 24.4 Å². The normalized spacial score (nSPS) is 13.9. The van der Waals surface area contributed by atoms with E-state index >= 15 is 0 Å². The molecule has 2 aromatic heterocycles. The third-order valence-electron chi connectivity index (χ3n) is 3.38. The van der Waals surface area contributed by atoms with Crippen LogP contribution in [0, 0.1) is 11.3 Å². The molecule has 0 saturated heterocycles. The first-order valence-corrected chi connectivity index (χ1v) is 6.27. The largest absolute Gasteiger partial charge is 0.255 e. The van der Waals surface area contributed by atoms with Crippen LogP contribution in [-0.4, -0.2) is 14.8 Å². The molecule has 3 rings (SSSR count). The SMILES string of the molecule is N#CCn1nc(-c2ccccn2)c2c1CCCC2. The van der Waals surface area contributed by atoms with E-state index in [1.807, 2.05) is 22.9 Å². The molecule has 0 aromatic carbocycles. The summed E-state index contributed by atoms with van der Waals surface area (Å²) in [5.41, 5.74) is 4.38. The molecule has 2 heterocycles. The molecule has 0 unspecified atom stereocenters. The van der Waals surface area contributed by atoms with Gasteiger partial charge in [-0.3, -0.25) is 9.67 Å². The molecular weight excluding hydrogens is 224 g/mol. The molecule has 90 valence electrons. The maximum absolute atomic E-state index is 8.87. The van der Waals surface area contributed by atoms with Crippen LogP contribution in [-0.2, 0) is 19.4 Å². The molecule has 0 bridgehead atoms. The van der Waals surface area contributed by atoms with Crippen molar-refractivity contribution in [3.63, 3.8) is 0 Å². The number of nitriles is 1. The van der Waals surface area contributed by atoms with Crippen molar-refractivity contribution >= 4 is 0 Å². The summed E-state index contributed by atoms with van der Waals surface area (Å²) in [6, 6.07) is 8.04. The molecule has 0 spiro atoms.